The fourth-order valence-corrected chi connectivity index (χ4v) is 4.06. The fraction of sp³-hybridized carbons (Fsp3) is 0.600. The van der Waals surface area contributed by atoms with Crippen molar-refractivity contribution in [3.63, 3.8) is 0 Å². The molecular weight excluding hydrogens is 404 g/mol. The Hall–Kier alpha value is -2.16. The Morgan fingerprint density at radius 3 is 1.39 bits per heavy atom. The number of azo groups is 1. The average molecular weight is 451 g/mol. The number of hydrogen-bond donors (Lipinski definition) is 0. The minimum Gasteiger partial charge on any atom is -0.494 e. The second-order valence-corrected chi connectivity index (χ2v) is 9.18. The molecule has 0 saturated heterocycles. The van der Waals surface area contributed by atoms with E-state index in [9.17, 15) is 0 Å². The zero-order valence-electron chi connectivity index (χ0n) is 21.0. The molecule has 182 valence electrons. The highest BCUT2D eigenvalue weighted by molar-refractivity contribution is 5.42. The summed E-state index contributed by atoms with van der Waals surface area (Å²) in [5.74, 6) is 0.912. The number of ether oxygens (including phenoxy) is 1. The molecule has 0 amide bonds. The van der Waals surface area contributed by atoms with Crippen molar-refractivity contribution < 1.29 is 4.74 Å². The SMILES string of the molecule is CCCCCCCCCCCCCCCCCCOc1ccc(/N=N/c2ccccc2)cc1. The lowest BCUT2D eigenvalue weighted by Gasteiger charge is -2.06. The van der Waals surface area contributed by atoms with Crippen LogP contribution in [0.25, 0.3) is 0 Å². The summed E-state index contributed by atoms with van der Waals surface area (Å²) in [4.78, 5) is 0. The van der Waals surface area contributed by atoms with Crippen LogP contribution in [0.5, 0.6) is 5.75 Å². The van der Waals surface area contributed by atoms with E-state index < -0.39 is 0 Å². The van der Waals surface area contributed by atoms with Crippen molar-refractivity contribution in [3.8, 4) is 5.75 Å². The third kappa shape index (κ3) is 14.6. The van der Waals surface area contributed by atoms with Crippen molar-refractivity contribution in [3.05, 3.63) is 54.6 Å². The van der Waals surface area contributed by atoms with E-state index in [-0.39, 0.29) is 0 Å². The van der Waals surface area contributed by atoms with Crippen LogP contribution in [-0.2, 0) is 0 Å². The molecule has 0 aliphatic heterocycles. The number of hydrogen-bond acceptors (Lipinski definition) is 3. The van der Waals surface area contributed by atoms with Gasteiger partial charge in [0, 0.05) is 0 Å². The van der Waals surface area contributed by atoms with Crippen LogP contribution in [-0.4, -0.2) is 6.61 Å². The van der Waals surface area contributed by atoms with Crippen molar-refractivity contribution in [2.24, 2.45) is 10.2 Å². The Balaban J connectivity index is 1.37. The molecule has 0 aliphatic rings. The second-order valence-electron chi connectivity index (χ2n) is 9.18. The van der Waals surface area contributed by atoms with Gasteiger partial charge in [-0.3, -0.25) is 0 Å². The van der Waals surface area contributed by atoms with E-state index in [0.717, 1.165) is 30.2 Å². The number of unbranched alkanes of at least 4 members (excludes halogenated alkanes) is 15. The van der Waals surface area contributed by atoms with Crippen molar-refractivity contribution in [1.82, 2.24) is 0 Å². The summed E-state index contributed by atoms with van der Waals surface area (Å²) in [6, 6.07) is 17.7. The number of benzene rings is 2. The molecule has 33 heavy (non-hydrogen) atoms. The summed E-state index contributed by atoms with van der Waals surface area (Å²) in [6.45, 7) is 3.08. The van der Waals surface area contributed by atoms with Gasteiger partial charge in [-0.1, -0.05) is 121 Å². The topological polar surface area (TPSA) is 34.0 Å². The van der Waals surface area contributed by atoms with Gasteiger partial charge in [-0.2, -0.15) is 10.2 Å². The molecule has 2 rings (SSSR count). The zero-order chi connectivity index (χ0) is 23.2. The lowest BCUT2D eigenvalue weighted by Crippen LogP contribution is -1.96. The maximum atomic E-state index is 5.87. The summed E-state index contributed by atoms with van der Waals surface area (Å²) in [6.07, 6.45) is 22.3. The first-order valence-corrected chi connectivity index (χ1v) is 13.6. The van der Waals surface area contributed by atoms with Crippen LogP contribution < -0.4 is 4.74 Å². The predicted molar refractivity (Wildman–Crippen MR) is 142 cm³/mol. The van der Waals surface area contributed by atoms with E-state index >= 15 is 0 Å². The molecule has 0 spiro atoms. The quantitative estimate of drug-likeness (QED) is 0.146. The highest BCUT2D eigenvalue weighted by Gasteiger charge is 1.97. The first-order valence-electron chi connectivity index (χ1n) is 13.6. The Kier molecular flexibility index (Phi) is 15.9. The number of rotatable bonds is 20. The smallest absolute Gasteiger partial charge is 0.119 e. The minimum absolute atomic E-state index is 0.795. The van der Waals surface area contributed by atoms with E-state index in [0.29, 0.717) is 0 Å². The normalized spacial score (nSPS) is 11.3. The first-order chi connectivity index (χ1) is 16.4. The molecule has 2 aromatic rings. The van der Waals surface area contributed by atoms with Gasteiger partial charge in [0.15, 0.2) is 0 Å². The van der Waals surface area contributed by atoms with Gasteiger partial charge in [0.2, 0.25) is 0 Å². The number of nitrogens with zero attached hydrogens (tertiary/aromatic N) is 2. The van der Waals surface area contributed by atoms with E-state index in [2.05, 4.69) is 17.2 Å². The molecule has 0 radical (unpaired) electrons. The van der Waals surface area contributed by atoms with Gasteiger partial charge in [0.05, 0.1) is 18.0 Å². The molecule has 0 aliphatic carbocycles. The molecule has 0 fully saturated rings. The lowest BCUT2D eigenvalue weighted by molar-refractivity contribution is 0.304. The van der Waals surface area contributed by atoms with E-state index in [1.54, 1.807) is 0 Å². The van der Waals surface area contributed by atoms with Crippen molar-refractivity contribution in [1.29, 1.82) is 0 Å². The maximum Gasteiger partial charge on any atom is 0.119 e. The van der Waals surface area contributed by atoms with E-state index in [4.69, 9.17) is 4.74 Å². The summed E-state index contributed by atoms with van der Waals surface area (Å²) in [5.41, 5.74) is 1.70. The molecule has 0 aromatic heterocycles. The minimum atomic E-state index is 0.795. The van der Waals surface area contributed by atoms with Gasteiger partial charge in [-0.25, -0.2) is 0 Å². The highest BCUT2D eigenvalue weighted by Crippen LogP contribution is 2.21. The Labute approximate surface area is 203 Å². The van der Waals surface area contributed by atoms with Gasteiger partial charge < -0.3 is 4.74 Å². The van der Waals surface area contributed by atoms with Crippen LogP contribution in [0.1, 0.15) is 110 Å². The Morgan fingerprint density at radius 2 is 0.909 bits per heavy atom. The maximum absolute atomic E-state index is 5.87. The first kappa shape index (κ1) is 27.1. The fourth-order valence-electron chi connectivity index (χ4n) is 4.06. The third-order valence-electron chi connectivity index (χ3n) is 6.14. The highest BCUT2D eigenvalue weighted by atomic mass is 16.5. The zero-order valence-corrected chi connectivity index (χ0v) is 21.0. The van der Waals surface area contributed by atoms with Gasteiger partial charge in [0.1, 0.15) is 5.75 Å². The van der Waals surface area contributed by atoms with Crippen molar-refractivity contribution in [2.75, 3.05) is 6.61 Å². The third-order valence-corrected chi connectivity index (χ3v) is 6.14. The van der Waals surface area contributed by atoms with Crippen LogP contribution in [0, 0.1) is 0 Å². The molecule has 3 nitrogen and oxygen atoms in total. The molecule has 3 heteroatoms. The van der Waals surface area contributed by atoms with Crippen molar-refractivity contribution >= 4 is 11.4 Å². The molecule has 0 unspecified atom stereocenters. The molecule has 0 bridgehead atoms. The van der Waals surface area contributed by atoms with Gasteiger partial charge >= 0.3 is 0 Å². The molecule has 0 saturated carbocycles. The predicted octanol–water partition coefficient (Wildman–Crippen LogP) is 10.7. The molecule has 0 heterocycles. The van der Waals surface area contributed by atoms with E-state index in [1.165, 1.54) is 96.3 Å². The van der Waals surface area contributed by atoms with E-state index in [1.807, 2.05) is 54.6 Å². The molecule has 0 atom stereocenters. The lowest BCUT2D eigenvalue weighted by atomic mass is 10.0. The van der Waals surface area contributed by atoms with Gasteiger partial charge in [-0.05, 0) is 42.8 Å². The van der Waals surface area contributed by atoms with Crippen LogP contribution in [0.2, 0.25) is 0 Å². The molecule has 2 aromatic carbocycles. The standard InChI is InChI=1S/C30H46N2O/c1-2-3-4-5-6-7-8-9-10-11-12-13-14-15-16-20-27-33-30-25-23-29(24-26-30)32-31-28-21-18-17-19-22-28/h17-19,21-26H,2-16,20,27H2,1H3/b32-31+. The van der Waals surface area contributed by atoms with Crippen LogP contribution in [0.15, 0.2) is 64.8 Å². The Bertz CT molecular complexity index is 712. The summed E-state index contributed by atoms with van der Waals surface area (Å²) >= 11 is 0. The molecular formula is C30H46N2O. The van der Waals surface area contributed by atoms with Crippen LogP contribution in [0.3, 0.4) is 0 Å². The molecule has 0 N–H and O–H groups in total. The second kappa shape index (κ2) is 19.3. The summed E-state index contributed by atoms with van der Waals surface area (Å²) in [7, 11) is 0. The largest absolute Gasteiger partial charge is 0.494 e. The average Bonchev–Trinajstić information content (AvgIpc) is 2.86. The van der Waals surface area contributed by atoms with Gasteiger partial charge in [-0.15, -0.1) is 0 Å². The summed E-state index contributed by atoms with van der Waals surface area (Å²) in [5, 5.41) is 8.51. The van der Waals surface area contributed by atoms with Crippen LogP contribution >= 0.6 is 0 Å². The monoisotopic (exact) mass is 450 g/mol. The van der Waals surface area contributed by atoms with Crippen LogP contribution in [0.4, 0.5) is 11.4 Å². The summed E-state index contributed by atoms with van der Waals surface area (Å²) < 4.78 is 5.87. The van der Waals surface area contributed by atoms with Crippen molar-refractivity contribution in [2.45, 2.75) is 110 Å². The Morgan fingerprint density at radius 1 is 0.485 bits per heavy atom. The van der Waals surface area contributed by atoms with Gasteiger partial charge in [0.25, 0.3) is 0 Å².